The van der Waals surface area contributed by atoms with Gasteiger partial charge < -0.3 is 14.6 Å². The minimum absolute atomic E-state index is 0.0233. The average Bonchev–Trinajstić information content (AvgIpc) is 3.13. The number of thioether (sulfide) groups is 1. The van der Waals surface area contributed by atoms with Gasteiger partial charge in [-0.05, 0) is 17.0 Å². The first kappa shape index (κ1) is 18.6. The van der Waals surface area contributed by atoms with Crippen LogP contribution < -0.4 is 5.56 Å². The van der Waals surface area contributed by atoms with E-state index in [1.807, 2.05) is 35.7 Å². The van der Waals surface area contributed by atoms with Gasteiger partial charge in [0.1, 0.15) is 4.83 Å². The molecule has 0 aliphatic carbocycles. The molecule has 3 aromatic rings. The van der Waals surface area contributed by atoms with Crippen LogP contribution in [0.25, 0.3) is 10.2 Å². The second-order valence-electron chi connectivity index (χ2n) is 5.59. The van der Waals surface area contributed by atoms with Crippen molar-refractivity contribution in [2.45, 2.75) is 11.7 Å². The number of ether oxygens (including phenoxy) is 1. The van der Waals surface area contributed by atoms with Crippen molar-refractivity contribution in [1.82, 2.24) is 14.9 Å². The quantitative estimate of drug-likeness (QED) is 0.474. The summed E-state index contributed by atoms with van der Waals surface area (Å²) in [7, 11) is 1.62. The molecule has 1 N–H and O–H groups in total. The number of aromatic nitrogens is 2. The zero-order valence-corrected chi connectivity index (χ0v) is 15.9. The number of hydrogen-bond donors (Lipinski definition) is 1. The van der Waals surface area contributed by atoms with E-state index in [9.17, 15) is 9.59 Å². The second kappa shape index (κ2) is 8.98. The summed E-state index contributed by atoms with van der Waals surface area (Å²) in [6.07, 6.45) is 0. The Kier molecular flexibility index (Phi) is 6.43. The fourth-order valence-electron chi connectivity index (χ4n) is 2.43. The van der Waals surface area contributed by atoms with Crippen LogP contribution in [0.5, 0.6) is 0 Å². The van der Waals surface area contributed by atoms with E-state index in [0.29, 0.717) is 35.1 Å². The lowest BCUT2D eigenvalue weighted by Gasteiger charge is -2.22. The van der Waals surface area contributed by atoms with E-state index >= 15 is 0 Å². The van der Waals surface area contributed by atoms with Crippen molar-refractivity contribution in [2.24, 2.45) is 0 Å². The molecule has 1 aromatic carbocycles. The highest BCUT2D eigenvalue weighted by Crippen LogP contribution is 2.19. The fraction of sp³-hybridized carbons (Fsp3) is 0.278. The number of nitrogens with one attached hydrogen (secondary N) is 1. The van der Waals surface area contributed by atoms with Crippen LogP contribution in [0.1, 0.15) is 5.56 Å². The van der Waals surface area contributed by atoms with Crippen molar-refractivity contribution in [3.05, 3.63) is 57.7 Å². The number of amides is 1. The Morgan fingerprint density at radius 2 is 2.12 bits per heavy atom. The zero-order chi connectivity index (χ0) is 18.4. The summed E-state index contributed by atoms with van der Waals surface area (Å²) in [5, 5.41) is 2.87. The summed E-state index contributed by atoms with van der Waals surface area (Å²) in [5.41, 5.74) is 0.889. The smallest absolute Gasteiger partial charge is 0.260 e. The molecule has 2 heterocycles. The molecule has 26 heavy (non-hydrogen) atoms. The van der Waals surface area contributed by atoms with Crippen molar-refractivity contribution in [2.75, 3.05) is 26.0 Å². The van der Waals surface area contributed by atoms with Crippen molar-refractivity contribution < 1.29 is 9.53 Å². The molecule has 2 aromatic heterocycles. The number of methoxy groups -OCH3 is 1. The van der Waals surface area contributed by atoms with Crippen molar-refractivity contribution in [3.8, 4) is 0 Å². The lowest BCUT2D eigenvalue weighted by Crippen LogP contribution is -2.34. The van der Waals surface area contributed by atoms with E-state index in [0.717, 1.165) is 5.56 Å². The van der Waals surface area contributed by atoms with Crippen molar-refractivity contribution in [3.63, 3.8) is 0 Å². The Morgan fingerprint density at radius 3 is 2.88 bits per heavy atom. The van der Waals surface area contributed by atoms with Gasteiger partial charge in [0.15, 0.2) is 5.16 Å². The number of benzene rings is 1. The predicted molar refractivity (Wildman–Crippen MR) is 105 cm³/mol. The molecule has 0 spiro atoms. The zero-order valence-electron chi connectivity index (χ0n) is 14.3. The van der Waals surface area contributed by atoms with E-state index < -0.39 is 0 Å². The van der Waals surface area contributed by atoms with Gasteiger partial charge in [0.05, 0.1) is 17.7 Å². The van der Waals surface area contributed by atoms with Gasteiger partial charge in [0.2, 0.25) is 5.91 Å². The number of rotatable bonds is 8. The van der Waals surface area contributed by atoms with Crippen LogP contribution >= 0.6 is 23.1 Å². The van der Waals surface area contributed by atoms with Crippen LogP contribution in [0.2, 0.25) is 0 Å². The Labute approximate surface area is 159 Å². The SMILES string of the molecule is COCCN(Cc1ccccc1)C(=O)CSc1nc2sccc2c(=O)[nH]1. The maximum absolute atomic E-state index is 12.7. The molecule has 0 atom stereocenters. The Morgan fingerprint density at radius 1 is 1.31 bits per heavy atom. The van der Waals surface area contributed by atoms with Crippen LogP contribution in [-0.4, -0.2) is 46.8 Å². The molecule has 136 valence electrons. The maximum Gasteiger partial charge on any atom is 0.260 e. The number of carbonyl (C=O) groups excluding carboxylic acids is 1. The second-order valence-corrected chi connectivity index (χ2v) is 7.45. The Balaban J connectivity index is 1.67. The summed E-state index contributed by atoms with van der Waals surface area (Å²) in [6.45, 7) is 1.51. The summed E-state index contributed by atoms with van der Waals surface area (Å²) >= 11 is 2.65. The number of carbonyl (C=O) groups is 1. The van der Waals surface area contributed by atoms with Gasteiger partial charge in [-0.3, -0.25) is 9.59 Å². The third-order valence-corrected chi connectivity index (χ3v) is 5.44. The highest BCUT2D eigenvalue weighted by molar-refractivity contribution is 7.99. The third-order valence-electron chi connectivity index (χ3n) is 3.78. The summed E-state index contributed by atoms with van der Waals surface area (Å²) < 4.78 is 5.12. The molecule has 0 aliphatic heterocycles. The first-order valence-electron chi connectivity index (χ1n) is 8.08. The van der Waals surface area contributed by atoms with Gasteiger partial charge in [-0.1, -0.05) is 42.1 Å². The van der Waals surface area contributed by atoms with Crippen LogP contribution in [0, 0.1) is 0 Å². The maximum atomic E-state index is 12.7. The minimum atomic E-state index is -0.174. The molecule has 0 radical (unpaired) electrons. The van der Waals surface area contributed by atoms with E-state index in [1.165, 1.54) is 23.1 Å². The van der Waals surface area contributed by atoms with Crippen LogP contribution in [0.3, 0.4) is 0 Å². The van der Waals surface area contributed by atoms with Gasteiger partial charge in [0, 0.05) is 20.2 Å². The summed E-state index contributed by atoms with van der Waals surface area (Å²) in [5.74, 6) is 0.181. The van der Waals surface area contributed by atoms with Gasteiger partial charge >= 0.3 is 0 Å². The molecule has 6 nitrogen and oxygen atoms in total. The van der Waals surface area contributed by atoms with Gasteiger partial charge in [-0.2, -0.15) is 0 Å². The summed E-state index contributed by atoms with van der Waals surface area (Å²) in [4.78, 5) is 34.2. The molecular formula is C18H19N3O3S2. The number of nitrogens with zero attached hydrogens (tertiary/aromatic N) is 2. The largest absolute Gasteiger partial charge is 0.383 e. The standard InChI is InChI=1S/C18H19N3O3S2/c1-24-9-8-21(11-13-5-3-2-4-6-13)15(22)12-26-18-19-16(23)14-7-10-25-17(14)20-18/h2-7,10H,8-9,11-12H2,1H3,(H,19,20,23). The first-order chi connectivity index (χ1) is 12.7. The molecule has 0 saturated heterocycles. The minimum Gasteiger partial charge on any atom is -0.383 e. The Hall–Kier alpha value is -2.16. The van der Waals surface area contributed by atoms with Crippen LogP contribution in [0.15, 0.2) is 51.7 Å². The molecule has 8 heteroatoms. The average molecular weight is 390 g/mol. The van der Waals surface area contributed by atoms with E-state index in [-0.39, 0.29) is 17.2 Å². The molecule has 0 fully saturated rings. The number of aromatic amines is 1. The van der Waals surface area contributed by atoms with E-state index in [4.69, 9.17) is 4.74 Å². The van der Waals surface area contributed by atoms with Crippen molar-refractivity contribution >= 4 is 39.2 Å². The van der Waals surface area contributed by atoms with Crippen LogP contribution in [0.4, 0.5) is 0 Å². The first-order valence-corrected chi connectivity index (χ1v) is 9.95. The van der Waals surface area contributed by atoms with Gasteiger partial charge in [-0.15, -0.1) is 11.3 Å². The highest BCUT2D eigenvalue weighted by Gasteiger charge is 2.15. The molecule has 0 saturated carbocycles. The Bertz CT molecular complexity index is 924. The normalized spacial score (nSPS) is 11.0. The molecule has 0 bridgehead atoms. The molecule has 0 aliphatic rings. The number of fused-ring (bicyclic) bond motifs is 1. The fourth-order valence-corrected chi connectivity index (χ4v) is 4.02. The molecular weight excluding hydrogens is 370 g/mol. The summed E-state index contributed by atoms with van der Waals surface area (Å²) in [6, 6.07) is 11.6. The highest BCUT2D eigenvalue weighted by atomic mass is 32.2. The van der Waals surface area contributed by atoms with Gasteiger partial charge in [-0.25, -0.2) is 4.98 Å². The lowest BCUT2D eigenvalue weighted by atomic mass is 10.2. The molecule has 3 rings (SSSR count). The van der Waals surface area contributed by atoms with Crippen LogP contribution in [-0.2, 0) is 16.1 Å². The van der Waals surface area contributed by atoms with E-state index in [2.05, 4.69) is 9.97 Å². The number of hydrogen-bond acceptors (Lipinski definition) is 6. The number of H-pyrrole nitrogens is 1. The van der Waals surface area contributed by atoms with Crippen molar-refractivity contribution in [1.29, 1.82) is 0 Å². The predicted octanol–water partition coefficient (Wildman–Crippen LogP) is 2.75. The number of thiophene rings is 1. The molecule has 1 amide bonds. The monoisotopic (exact) mass is 389 g/mol. The topological polar surface area (TPSA) is 75.3 Å². The van der Waals surface area contributed by atoms with Gasteiger partial charge in [0.25, 0.3) is 5.56 Å². The molecule has 0 unspecified atom stereocenters. The third kappa shape index (κ3) is 4.72. The lowest BCUT2D eigenvalue weighted by molar-refractivity contribution is -0.129. The van der Waals surface area contributed by atoms with E-state index in [1.54, 1.807) is 18.1 Å².